The second kappa shape index (κ2) is 4.28. The molecule has 4 heteroatoms. The molecule has 0 radical (unpaired) electrons. The molecule has 0 unspecified atom stereocenters. The minimum absolute atomic E-state index is 0.150. The van der Waals surface area contributed by atoms with Crippen molar-refractivity contribution in [3.05, 3.63) is 23.9 Å². The minimum Gasteiger partial charge on any atom is -0.387 e. The molecule has 0 aromatic heterocycles. The molecule has 76 valence electrons. The maximum absolute atomic E-state index is 11.4. The number of amides is 1. The molecule has 4 nitrogen and oxygen atoms in total. The van der Waals surface area contributed by atoms with Crippen LogP contribution in [0.3, 0.4) is 0 Å². The van der Waals surface area contributed by atoms with Crippen molar-refractivity contribution in [2.24, 2.45) is 5.92 Å². The topological polar surface area (TPSA) is 50.4 Å². The summed E-state index contributed by atoms with van der Waals surface area (Å²) >= 11 is 0. The number of hydroxylamine groups is 1. The molecule has 1 aliphatic heterocycles. The lowest BCUT2D eigenvalue weighted by atomic mass is 10.2. The molecule has 14 heavy (non-hydrogen) atoms. The number of carbonyl (C=O) groups is 1. The maximum Gasteiger partial charge on any atom is 0.272 e. The van der Waals surface area contributed by atoms with Crippen molar-refractivity contribution in [2.45, 2.75) is 12.8 Å². The van der Waals surface area contributed by atoms with Crippen molar-refractivity contribution < 1.29 is 9.63 Å². The average Bonchev–Trinajstić information content (AvgIpc) is 3.03. The predicted molar refractivity (Wildman–Crippen MR) is 52.0 cm³/mol. The fourth-order valence-electron chi connectivity index (χ4n) is 1.19. The van der Waals surface area contributed by atoms with Crippen molar-refractivity contribution >= 4 is 5.91 Å². The second-order valence-corrected chi connectivity index (χ2v) is 3.62. The fourth-order valence-corrected chi connectivity index (χ4v) is 1.19. The zero-order chi connectivity index (χ0) is 9.80. The highest BCUT2D eigenvalue weighted by Gasteiger charge is 2.22. The maximum atomic E-state index is 11.4. The third kappa shape index (κ3) is 2.60. The summed E-state index contributed by atoms with van der Waals surface area (Å²) in [6.07, 6.45) is 7.85. The molecule has 0 atom stereocenters. The molecule has 2 rings (SSSR count). The Kier molecular flexibility index (Phi) is 2.84. The third-order valence-corrected chi connectivity index (χ3v) is 2.28. The lowest BCUT2D eigenvalue weighted by Crippen LogP contribution is -2.30. The van der Waals surface area contributed by atoms with Crippen LogP contribution in [-0.4, -0.2) is 19.1 Å². The summed E-state index contributed by atoms with van der Waals surface area (Å²) in [5.41, 5.74) is 3.14. The molecule has 2 N–H and O–H groups in total. The highest BCUT2D eigenvalue weighted by Crippen LogP contribution is 2.28. The van der Waals surface area contributed by atoms with Gasteiger partial charge in [-0.15, -0.1) is 0 Å². The largest absolute Gasteiger partial charge is 0.387 e. The summed E-state index contributed by atoms with van der Waals surface area (Å²) < 4.78 is 0. The molecular weight excluding hydrogens is 180 g/mol. The average molecular weight is 194 g/mol. The van der Waals surface area contributed by atoms with Gasteiger partial charge in [0.1, 0.15) is 0 Å². The first-order valence-electron chi connectivity index (χ1n) is 4.87. The number of rotatable bonds is 4. The minimum atomic E-state index is -0.150. The number of nitrogens with one attached hydrogen (secondary N) is 2. The molecule has 0 saturated heterocycles. The van der Waals surface area contributed by atoms with E-state index in [4.69, 9.17) is 4.84 Å². The summed E-state index contributed by atoms with van der Waals surface area (Å²) in [5, 5.41) is 2.96. The summed E-state index contributed by atoms with van der Waals surface area (Å²) in [5.74, 6) is 0.510. The van der Waals surface area contributed by atoms with Crippen molar-refractivity contribution in [3.8, 4) is 0 Å². The van der Waals surface area contributed by atoms with E-state index in [1.807, 2.05) is 6.20 Å². The SMILES string of the molecule is O=C(NOCC1CC1)C1=CC=CNC1. The molecule has 1 amide bonds. The first-order chi connectivity index (χ1) is 6.86. The van der Waals surface area contributed by atoms with Gasteiger partial charge in [-0.05, 0) is 31.0 Å². The highest BCUT2D eigenvalue weighted by molar-refractivity contribution is 5.93. The van der Waals surface area contributed by atoms with Gasteiger partial charge in [-0.3, -0.25) is 9.63 Å². The Morgan fingerprint density at radius 1 is 1.64 bits per heavy atom. The van der Waals surface area contributed by atoms with Gasteiger partial charge in [0.05, 0.1) is 6.61 Å². The molecule has 1 heterocycles. The van der Waals surface area contributed by atoms with Crippen LogP contribution in [0.1, 0.15) is 12.8 Å². The van der Waals surface area contributed by atoms with E-state index in [9.17, 15) is 4.79 Å². The van der Waals surface area contributed by atoms with E-state index in [0.717, 1.165) is 0 Å². The van der Waals surface area contributed by atoms with E-state index in [1.54, 1.807) is 12.2 Å². The summed E-state index contributed by atoms with van der Waals surface area (Å²) in [6.45, 7) is 1.21. The van der Waals surface area contributed by atoms with Gasteiger partial charge >= 0.3 is 0 Å². The van der Waals surface area contributed by atoms with Crippen LogP contribution in [-0.2, 0) is 9.63 Å². The standard InChI is InChI=1S/C10H14N2O2/c13-10(9-2-1-5-11-6-9)12-14-7-8-3-4-8/h1-2,5,8,11H,3-4,6-7H2,(H,12,13). The molecule has 2 aliphatic rings. The van der Waals surface area contributed by atoms with E-state index in [0.29, 0.717) is 24.6 Å². The number of carbonyl (C=O) groups excluding carboxylic acids is 1. The van der Waals surface area contributed by atoms with E-state index < -0.39 is 0 Å². The van der Waals surface area contributed by atoms with Gasteiger partial charge in [0, 0.05) is 12.1 Å². The van der Waals surface area contributed by atoms with Crippen molar-refractivity contribution in [1.29, 1.82) is 0 Å². The third-order valence-electron chi connectivity index (χ3n) is 2.28. The highest BCUT2D eigenvalue weighted by atomic mass is 16.7. The van der Waals surface area contributed by atoms with Crippen LogP contribution < -0.4 is 10.8 Å². The molecule has 1 fully saturated rings. The van der Waals surface area contributed by atoms with Gasteiger partial charge in [-0.1, -0.05) is 6.08 Å². The molecule has 0 aromatic rings. The Bertz CT molecular complexity index is 280. The number of allylic oxidation sites excluding steroid dienone is 2. The van der Waals surface area contributed by atoms with Crippen molar-refractivity contribution in [3.63, 3.8) is 0 Å². The molecular formula is C10H14N2O2. The fraction of sp³-hybridized carbons (Fsp3) is 0.500. The van der Waals surface area contributed by atoms with Crippen LogP contribution in [0.5, 0.6) is 0 Å². The van der Waals surface area contributed by atoms with E-state index in [1.165, 1.54) is 12.8 Å². The summed E-state index contributed by atoms with van der Waals surface area (Å²) in [7, 11) is 0. The first-order valence-corrected chi connectivity index (χ1v) is 4.87. The van der Waals surface area contributed by atoms with E-state index in [2.05, 4.69) is 10.8 Å². The summed E-state index contributed by atoms with van der Waals surface area (Å²) in [6, 6.07) is 0. The number of hydrogen-bond donors (Lipinski definition) is 2. The van der Waals surface area contributed by atoms with Gasteiger partial charge in [0.15, 0.2) is 0 Å². The van der Waals surface area contributed by atoms with Crippen LogP contribution in [0.25, 0.3) is 0 Å². The van der Waals surface area contributed by atoms with E-state index >= 15 is 0 Å². The monoisotopic (exact) mass is 194 g/mol. The van der Waals surface area contributed by atoms with Crippen LogP contribution >= 0.6 is 0 Å². The van der Waals surface area contributed by atoms with Gasteiger partial charge in [0.2, 0.25) is 0 Å². The predicted octanol–water partition coefficient (Wildman–Crippen LogP) is 0.487. The van der Waals surface area contributed by atoms with Gasteiger partial charge in [-0.25, -0.2) is 5.48 Å². The molecule has 0 aromatic carbocycles. The first kappa shape index (κ1) is 9.27. The number of hydrogen-bond acceptors (Lipinski definition) is 3. The zero-order valence-corrected chi connectivity index (χ0v) is 7.95. The lowest BCUT2D eigenvalue weighted by Gasteiger charge is -2.10. The second-order valence-electron chi connectivity index (χ2n) is 3.62. The lowest BCUT2D eigenvalue weighted by molar-refractivity contribution is -0.130. The Hall–Kier alpha value is -1.29. The zero-order valence-electron chi connectivity index (χ0n) is 7.95. The summed E-state index contributed by atoms with van der Waals surface area (Å²) in [4.78, 5) is 16.5. The molecule has 0 bridgehead atoms. The molecule has 0 spiro atoms. The Balaban J connectivity index is 1.70. The van der Waals surface area contributed by atoms with Gasteiger partial charge in [-0.2, -0.15) is 0 Å². The van der Waals surface area contributed by atoms with Crippen molar-refractivity contribution in [1.82, 2.24) is 10.8 Å². The molecule has 1 saturated carbocycles. The quantitative estimate of drug-likeness (QED) is 0.640. The van der Waals surface area contributed by atoms with Gasteiger partial charge < -0.3 is 5.32 Å². The van der Waals surface area contributed by atoms with E-state index in [-0.39, 0.29) is 5.91 Å². The van der Waals surface area contributed by atoms with Crippen LogP contribution in [0.2, 0.25) is 0 Å². The normalized spacial score (nSPS) is 19.9. The van der Waals surface area contributed by atoms with Gasteiger partial charge in [0.25, 0.3) is 5.91 Å². The Morgan fingerprint density at radius 2 is 2.50 bits per heavy atom. The van der Waals surface area contributed by atoms with Crippen molar-refractivity contribution in [2.75, 3.05) is 13.2 Å². The van der Waals surface area contributed by atoms with Crippen LogP contribution in [0.15, 0.2) is 23.9 Å². The Morgan fingerprint density at radius 3 is 3.14 bits per heavy atom. The molecule has 1 aliphatic carbocycles. The smallest absolute Gasteiger partial charge is 0.272 e. The number of dihydropyridines is 1. The Labute approximate surface area is 83.0 Å². The van der Waals surface area contributed by atoms with Crippen LogP contribution in [0.4, 0.5) is 0 Å². The van der Waals surface area contributed by atoms with Crippen LogP contribution in [0, 0.1) is 5.92 Å².